The molecule has 3 N–H and O–H groups in total. The predicted molar refractivity (Wildman–Crippen MR) is 62.4 cm³/mol. The number of urea groups is 1. The lowest BCUT2D eigenvalue weighted by atomic mass is 10.3. The van der Waals surface area contributed by atoms with Gasteiger partial charge in [-0.3, -0.25) is 4.79 Å². The van der Waals surface area contributed by atoms with Gasteiger partial charge in [-0.15, -0.1) is 11.8 Å². The van der Waals surface area contributed by atoms with Gasteiger partial charge in [-0.2, -0.15) is 0 Å². The molecule has 17 heavy (non-hydrogen) atoms. The Morgan fingerprint density at radius 1 is 1.53 bits per heavy atom. The Balaban J connectivity index is 2.73. The van der Waals surface area contributed by atoms with Crippen molar-refractivity contribution < 1.29 is 19.5 Å². The van der Waals surface area contributed by atoms with Gasteiger partial charge in [0.1, 0.15) is 12.6 Å². The Kier molecular flexibility index (Phi) is 4.62. The first-order valence-corrected chi connectivity index (χ1v) is 6.27. The number of hydrogen-bond donors (Lipinski definition) is 2. The van der Waals surface area contributed by atoms with Crippen LogP contribution in [0.4, 0.5) is 4.79 Å². The van der Waals surface area contributed by atoms with E-state index in [9.17, 15) is 14.4 Å². The molecule has 0 bridgehead atoms. The maximum absolute atomic E-state index is 12.0. The van der Waals surface area contributed by atoms with E-state index in [-0.39, 0.29) is 6.54 Å². The number of nitrogens with zero attached hydrogens (tertiary/aromatic N) is 2. The molecule has 1 heterocycles. The molecule has 1 atom stereocenters. The molecule has 0 spiro atoms. The number of likely N-dealkylation sites (N-methyl/N-ethyl adjacent to an activating group) is 1. The van der Waals surface area contributed by atoms with Gasteiger partial charge in [0, 0.05) is 12.3 Å². The molecule has 7 nitrogen and oxygen atoms in total. The number of carbonyl (C=O) groups is 3. The Morgan fingerprint density at radius 3 is 2.65 bits per heavy atom. The first-order chi connectivity index (χ1) is 7.97. The summed E-state index contributed by atoms with van der Waals surface area (Å²) in [5, 5.41) is 8.95. The number of primary amides is 1. The normalized spacial score (nSPS) is 19.1. The molecule has 0 saturated carbocycles. The van der Waals surface area contributed by atoms with Crippen molar-refractivity contribution in [2.75, 3.05) is 24.7 Å². The van der Waals surface area contributed by atoms with Gasteiger partial charge in [0.25, 0.3) is 0 Å². The summed E-state index contributed by atoms with van der Waals surface area (Å²) in [6.07, 6.45) is 0. The third-order valence-electron chi connectivity index (χ3n) is 2.41. The quantitative estimate of drug-likeness (QED) is 0.701. The van der Waals surface area contributed by atoms with E-state index in [1.807, 2.05) is 0 Å². The molecule has 0 aliphatic carbocycles. The third-order valence-corrected chi connectivity index (χ3v) is 3.42. The molecule has 3 amide bonds. The smallest absolute Gasteiger partial charge is 0.327 e. The molecule has 1 aliphatic heterocycles. The van der Waals surface area contributed by atoms with Crippen molar-refractivity contribution in [2.24, 2.45) is 5.73 Å². The number of nitrogens with two attached hydrogens (primary N) is 1. The minimum absolute atomic E-state index is 0.192. The van der Waals surface area contributed by atoms with Crippen LogP contribution in [0.25, 0.3) is 0 Å². The van der Waals surface area contributed by atoms with Gasteiger partial charge in [0.15, 0.2) is 0 Å². The topological polar surface area (TPSA) is 104 Å². The molecule has 1 aliphatic rings. The molecule has 0 aromatic heterocycles. The fourth-order valence-electron chi connectivity index (χ4n) is 1.52. The summed E-state index contributed by atoms with van der Waals surface area (Å²) in [5.74, 6) is -0.947. The second-order valence-electron chi connectivity index (χ2n) is 3.59. The molecular weight excluding hydrogens is 246 g/mol. The Morgan fingerprint density at radius 2 is 2.18 bits per heavy atom. The number of hydrogen-bond acceptors (Lipinski definition) is 4. The fourth-order valence-corrected chi connectivity index (χ4v) is 2.66. The van der Waals surface area contributed by atoms with Crippen LogP contribution in [0.2, 0.25) is 0 Å². The number of amides is 3. The van der Waals surface area contributed by atoms with Gasteiger partial charge in [0.05, 0.1) is 5.88 Å². The van der Waals surface area contributed by atoms with Gasteiger partial charge in [-0.1, -0.05) is 0 Å². The lowest BCUT2D eigenvalue weighted by Gasteiger charge is -2.28. The Bertz CT molecular complexity index is 336. The number of thioether (sulfide) groups is 1. The summed E-state index contributed by atoms with van der Waals surface area (Å²) in [4.78, 5) is 36.2. The number of carboxylic acids is 1. The number of carbonyl (C=O) groups excluding carboxylic acids is 2. The number of rotatable bonds is 4. The van der Waals surface area contributed by atoms with Crippen LogP contribution in [0.5, 0.6) is 0 Å². The molecule has 8 heteroatoms. The number of aliphatic carboxylic acids is 1. The van der Waals surface area contributed by atoms with Crippen LogP contribution in [0.15, 0.2) is 0 Å². The van der Waals surface area contributed by atoms with Crippen LogP contribution < -0.4 is 5.73 Å². The molecule has 1 rings (SSSR count). The van der Waals surface area contributed by atoms with Crippen LogP contribution in [-0.2, 0) is 9.59 Å². The van der Waals surface area contributed by atoms with Gasteiger partial charge >= 0.3 is 12.0 Å². The first kappa shape index (κ1) is 13.6. The van der Waals surface area contributed by atoms with Gasteiger partial charge in [-0.05, 0) is 6.92 Å². The lowest BCUT2D eigenvalue weighted by Crippen LogP contribution is -2.50. The summed E-state index contributed by atoms with van der Waals surface area (Å²) >= 11 is 1.38. The fraction of sp³-hybridized carbons (Fsp3) is 0.667. The highest BCUT2D eigenvalue weighted by Gasteiger charge is 2.36. The maximum Gasteiger partial charge on any atom is 0.327 e. The molecule has 1 saturated heterocycles. The monoisotopic (exact) mass is 261 g/mol. The SMILES string of the molecule is CCN(CC(N)=O)C(=O)N1CSCC1C(=O)O. The van der Waals surface area contributed by atoms with Crippen LogP contribution in [0.3, 0.4) is 0 Å². The van der Waals surface area contributed by atoms with E-state index in [0.29, 0.717) is 18.2 Å². The highest BCUT2D eigenvalue weighted by atomic mass is 32.2. The van der Waals surface area contributed by atoms with Crippen LogP contribution in [-0.4, -0.2) is 63.6 Å². The summed E-state index contributed by atoms with van der Waals surface area (Å²) in [6.45, 7) is 1.83. The Labute approximate surface area is 103 Å². The average Bonchev–Trinajstić information content (AvgIpc) is 2.73. The van der Waals surface area contributed by atoms with Gasteiger partial charge in [0.2, 0.25) is 5.91 Å². The van der Waals surface area contributed by atoms with E-state index in [2.05, 4.69) is 0 Å². The van der Waals surface area contributed by atoms with E-state index < -0.39 is 23.9 Å². The van der Waals surface area contributed by atoms with Gasteiger partial charge in [-0.25, -0.2) is 9.59 Å². The minimum atomic E-state index is -1.03. The first-order valence-electron chi connectivity index (χ1n) is 5.11. The second-order valence-corrected chi connectivity index (χ2v) is 4.59. The van der Waals surface area contributed by atoms with E-state index in [1.165, 1.54) is 21.6 Å². The zero-order chi connectivity index (χ0) is 13.0. The number of carboxylic acid groups (broad SMARTS) is 1. The van der Waals surface area contributed by atoms with E-state index in [0.717, 1.165) is 0 Å². The molecular formula is C9H15N3O4S. The summed E-state index contributed by atoms with van der Waals surface area (Å²) in [6, 6.07) is -1.28. The highest BCUT2D eigenvalue weighted by Crippen LogP contribution is 2.22. The van der Waals surface area contributed by atoms with Crippen molar-refractivity contribution in [2.45, 2.75) is 13.0 Å². The standard InChI is InChI=1S/C9H15N3O4S/c1-2-11(3-7(10)13)9(16)12-5-17-4-6(12)8(14)15/h6H,2-5H2,1H3,(H2,10,13)(H,14,15). The van der Waals surface area contributed by atoms with Crippen molar-refractivity contribution in [3.8, 4) is 0 Å². The molecule has 1 unspecified atom stereocenters. The van der Waals surface area contributed by atoms with E-state index in [4.69, 9.17) is 10.8 Å². The Hall–Kier alpha value is -1.44. The maximum atomic E-state index is 12.0. The third kappa shape index (κ3) is 3.26. The van der Waals surface area contributed by atoms with Crippen LogP contribution >= 0.6 is 11.8 Å². The average molecular weight is 261 g/mol. The van der Waals surface area contributed by atoms with E-state index in [1.54, 1.807) is 6.92 Å². The summed E-state index contributed by atoms with van der Waals surface area (Å²) < 4.78 is 0. The van der Waals surface area contributed by atoms with Crippen molar-refractivity contribution in [3.63, 3.8) is 0 Å². The van der Waals surface area contributed by atoms with Crippen molar-refractivity contribution >= 4 is 29.7 Å². The predicted octanol–water partition coefficient (Wildman–Crippen LogP) is -0.627. The van der Waals surface area contributed by atoms with Crippen molar-refractivity contribution in [3.05, 3.63) is 0 Å². The highest BCUT2D eigenvalue weighted by molar-refractivity contribution is 7.99. The second kappa shape index (κ2) is 5.76. The van der Waals surface area contributed by atoms with Gasteiger partial charge < -0.3 is 20.6 Å². The molecule has 96 valence electrons. The summed E-state index contributed by atoms with van der Waals surface area (Å²) in [5.41, 5.74) is 5.03. The molecule has 0 radical (unpaired) electrons. The molecule has 1 fully saturated rings. The summed E-state index contributed by atoms with van der Waals surface area (Å²) in [7, 11) is 0. The molecule has 0 aromatic carbocycles. The molecule has 0 aromatic rings. The van der Waals surface area contributed by atoms with E-state index >= 15 is 0 Å². The van der Waals surface area contributed by atoms with Crippen LogP contribution in [0.1, 0.15) is 6.92 Å². The van der Waals surface area contributed by atoms with Crippen molar-refractivity contribution in [1.29, 1.82) is 0 Å². The largest absolute Gasteiger partial charge is 0.480 e. The van der Waals surface area contributed by atoms with Crippen molar-refractivity contribution in [1.82, 2.24) is 9.80 Å². The van der Waals surface area contributed by atoms with Crippen LogP contribution in [0, 0.1) is 0 Å². The zero-order valence-corrected chi connectivity index (χ0v) is 10.3. The lowest BCUT2D eigenvalue weighted by molar-refractivity contribution is -0.140. The zero-order valence-electron chi connectivity index (χ0n) is 9.46. The minimum Gasteiger partial charge on any atom is -0.480 e.